The first-order valence-corrected chi connectivity index (χ1v) is 2.87. The van der Waals surface area contributed by atoms with E-state index in [1.165, 1.54) is 0 Å². The first-order valence-electron chi connectivity index (χ1n) is 1.47. The maximum Gasteiger partial charge on any atom is 1.00 e. The van der Waals surface area contributed by atoms with Gasteiger partial charge in [0.05, 0.1) is 0 Å². The van der Waals surface area contributed by atoms with Crippen LogP contribution in [0.1, 0.15) is 1.43 Å². The van der Waals surface area contributed by atoms with Gasteiger partial charge in [0, 0.05) is 0 Å². The van der Waals surface area contributed by atoms with Crippen LogP contribution in [0.4, 0.5) is 0 Å². The van der Waals surface area contributed by atoms with Crippen molar-refractivity contribution in [3.05, 3.63) is 0 Å². The summed E-state index contributed by atoms with van der Waals surface area (Å²) in [5.74, 6) is 0. The molecular formula is H6BLiO7S. The molecule has 0 aliphatic carbocycles. The van der Waals surface area contributed by atoms with E-state index in [0.717, 1.165) is 0 Å². The molecule has 5 N–H and O–H groups in total. The minimum Gasteiger partial charge on any atom is -1.00 e. The maximum atomic E-state index is 8.74. The summed E-state index contributed by atoms with van der Waals surface area (Å²) in [6.45, 7) is 0. The van der Waals surface area contributed by atoms with Crippen molar-refractivity contribution in [1.82, 2.24) is 0 Å². The summed E-state index contributed by atoms with van der Waals surface area (Å²) < 4.78 is 31.6. The van der Waals surface area contributed by atoms with Gasteiger partial charge in [0.2, 0.25) is 0 Å². The summed E-state index contributed by atoms with van der Waals surface area (Å²) in [7, 11) is -6.83. The smallest absolute Gasteiger partial charge is 1.00 e. The second-order valence-corrected chi connectivity index (χ2v) is 1.69. The zero-order chi connectivity index (χ0) is 8.08. The summed E-state index contributed by atoms with van der Waals surface area (Å²) in [5.41, 5.74) is 0. The van der Waals surface area contributed by atoms with E-state index in [1.54, 1.807) is 0 Å². The van der Waals surface area contributed by atoms with E-state index in [-0.39, 0.29) is 20.3 Å². The predicted molar refractivity (Wildman–Crippen MR) is 27.7 cm³/mol. The number of hydrogen-bond acceptors (Lipinski definition) is 5. The van der Waals surface area contributed by atoms with E-state index in [4.69, 9.17) is 32.6 Å². The second kappa shape index (κ2) is 7.52. The molecule has 0 heterocycles. The van der Waals surface area contributed by atoms with Gasteiger partial charge in [0.25, 0.3) is 0 Å². The third kappa shape index (κ3) is 2720. The Morgan fingerprint density at radius 2 is 1.10 bits per heavy atom. The van der Waals surface area contributed by atoms with Crippen LogP contribution in [0, 0.1) is 0 Å². The Bertz CT molecular complexity index is 130. The quantitative estimate of drug-likeness (QED) is 0.179. The maximum absolute atomic E-state index is 8.74. The summed E-state index contributed by atoms with van der Waals surface area (Å²) in [4.78, 5) is 0. The molecule has 58 valence electrons. The third-order valence-corrected chi connectivity index (χ3v) is 0. The van der Waals surface area contributed by atoms with Crippen LogP contribution in [-0.2, 0) is 10.4 Å². The zero-order valence-electron chi connectivity index (χ0n) is 6.04. The molecule has 10 heavy (non-hydrogen) atoms. The van der Waals surface area contributed by atoms with Gasteiger partial charge in [0.15, 0.2) is 0 Å². The van der Waals surface area contributed by atoms with E-state index in [1.807, 2.05) is 0 Å². The molecule has 0 fully saturated rings. The summed E-state index contributed by atoms with van der Waals surface area (Å²) in [5, 5.41) is 21.5. The Morgan fingerprint density at radius 3 is 1.10 bits per heavy atom. The van der Waals surface area contributed by atoms with Crippen molar-refractivity contribution in [2.24, 2.45) is 0 Å². The van der Waals surface area contributed by atoms with Crippen LogP contribution >= 0.6 is 0 Å². The van der Waals surface area contributed by atoms with Crippen molar-refractivity contribution in [3.8, 4) is 0 Å². The molecule has 0 aliphatic heterocycles. The average molecular weight is 168 g/mol. The molecule has 0 saturated carbocycles. The molecule has 0 saturated heterocycles. The Balaban J connectivity index is -0.0000000383. The summed E-state index contributed by atoms with van der Waals surface area (Å²) in [6, 6.07) is 0. The minimum absolute atomic E-state index is 0. The first-order chi connectivity index (χ1) is 3.73. The SMILES string of the molecule is O=S(=O)(O)O.OB(O)O.[H-].[Li+]. The topological polar surface area (TPSA) is 135 Å². The van der Waals surface area contributed by atoms with Crippen molar-refractivity contribution in [2.45, 2.75) is 0 Å². The Kier molecular flexibility index (Phi) is 12.6. The van der Waals surface area contributed by atoms with Crippen molar-refractivity contribution < 1.29 is 52.9 Å². The van der Waals surface area contributed by atoms with E-state index in [2.05, 4.69) is 0 Å². The summed E-state index contributed by atoms with van der Waals surface area (Å²) >= 11 is 0. The van der Waals surface area contributed by atoms with Gasteiger partial charge < -0.3 is 16.5 Å². The van der Waals surface area contributed by atoms with Gasteiger partial charge in [-0.2, -0.15) is 8.42 Å². The molecule has 0 aromatic heterocycles. The predicted octanol–water partition coefficient (Wildman–Crippen LogP) is -5.59. The van der Waals surface area contributed by atoms with Gasteiger partial charge in [0.1, 0.15) is 0 Å². The molecule has 0 atom stereocenters. The van der Waals surface area contributed by atoms with Crippen LogP contribution in [0.3, 0.4) is 0 Å². The number of hydrogen-bond donors (Lipinski definition) is 5. The molecule has 0 amide bonds. The van der Waals surface area contributed by atoms with Crippen LogP contribution in [0.5, 0.6) is 0 Å². The molecule has 0 radical (unpaired) electrons. The molecule has 0 aliphatic rings. The van der Waals surface area contributed by atoms with Crippen LogP contribution < -0.4 is 18.9 Å². The van der Waals surface area contributed by atoms with Crippen LogP contribution in [-0.4, -0.2) is 39.9 Å². The fourth-order valence-corrected chi connectivity index (χ4v) is 0. The molecule has 0 bridgehead atoms. The van der Waals surface area contributed by atoms with Crippen molar-refractivity contribution in [3.63, 3.8) is 0 Å². The van der Waals surface area contributed by atoms with Crippen molar-refractivity contribution >= 4 is 17.7 Å². The standard InChI is InChI=1S/BH3O3.Li.H2O4S.H/c2-1(3)4;;1-5(2,3)4;/h2-4H;;(H2,1,2,3,4);/q;+1;;-1. The van der Waals surface area contributed by atoms with Crippen LogP contribution in [0.2, 0.25) is 0 Å². The Labute approximate surface area is 71.1 Å². The fourth-order valence-electron chi connectivity index (χ4n) is 0. The molecule has 0 aromatic carbocycles. The second-order valence-electron chi connectivity index (χ2n) is 0.794. The minimum atomic E-state index is -4.67. The van der Waals surface area contributed by atoms with Gasteiger partial charge in [-0.1, -0.05) is 0 Å². The first kappa shape index (κ1) is 16.8. The number of rotatable bonds is 0. The monoisotopic (exact) mass is 168 g/mol. The van der Waals surface area contributed by atoms with E-state index < -0.39 is 17.7 Å². The van der Waals surface area contributed by atoms with Gasteiger partial charge in [-0.15, -0.1) is 0 Å². The van der Waals surface area contributed by atoms with Crippen molar-refractivity contribution in [1.29, 1.82) is 0 Å². The van der Waals surface area contributed by atoms with Gasteiger partial charge in [-0.3, -0.25) is 9.11 Å². The molecule has 0 rings (SSSR count). The van der Waals surface area contributed by atoms with E-state index in [9.17, 15) is 0 Å². The molecule has 10 heteroatoms. The normalized spacial score (nSPS) is 8.50. The molecule has 0 spiro atoms. The largest absolute Gasteiger partial charge is 1.00 e. The zero-order valence-corrected chi connectivity index (χ0v) is 5.85. The van der Waals surface area contributed by atoms with Gasteiger partial charge in [-0.05, 0) is 0 Å². The van der Waals surface area contributed by atoms with Gasteiger partial charge >= 0.3 is 36.6 Å². The fraction of sp³-hybridized carbons (Fsp3) is 0. The van der Waals surface area contributed by atoms with Crippen molar-refractivity contribution in [2.75, 3.05) is 0 Å². The van der Waals surface area contributed by atoms with Crippen LogP contribution in [0.15, 0.2) is 0 Å². The molecule has 0 unspecified atom stereocenters. The average Bonchev–Trinajstić information content (AvgIpc) is 1.19. The molecule has 7 nitrogen and oxygen atoms in total. The Hall–Kier alpha value is 0.412. The third-order valence-electron chi connectivity index (χ3n) is 0. The van der Waals surface area contributed by atoms with E-state index >= 15 is 0 Å². The molecule has 0 aromatic rings. The van der Waals surface area contributed by atoms with Gasteiger partial charge in [-0.25, -0.2) is 0 Å². The Morgan fingerprint density at radius 1 is 1.10 bits per heavy atom. The van der Waals surface area contributed by atoms with E-state index in [0.29, 0.717) is 0 Å². The van der Waals surface area contributed by atoms with Crippen LogP contribution in [0.25, 0.3) is 0 Å². The summed E-state index contributed by atoms with van der Waals surface area (Å²) in [6.07, 6.45) is 0. The molecular weight excluding hydrogens is 162 g/mol.